The van der Waals surface area contributed by atoms with Crippen LogP contribution in [0.1, 0.15) is 41.6 Å². The van der Waals surface area contributed by atoms with Crippen LogP contribution in [-0.4, -0.2) is 40.7 Å². The van der Waals surface area contributed by atoms with Gasteiger partial charge >= 0.3 is 0 Å². The largest absolute Gasteiger partial charge is 0.398 e. The van der Waals surface area contributed by atoms with E-state index in [9.17, 15) is 9.59 Å². The molecule has 2 aromatic carbocycles. The molecule has 2 N–H and O–H groups in total. The van der Waals surface area contributed by atoms with Gasteiger partial charge in [0.2, 0.25) is 5.91 Å². The Bertz CT molecular complexity index is 846. The summed E-state index contributed by atoms with van der Waals surface area (Å²) in [5.41, 5.74) is 8.18. The molecule has 2 fully saturated rings. The predicted molar refractivity (Wildman–Crippen MR) is 117 cm³/mol. The van der Waals surface area contributed by atoms with Crippen LogP contribution in [0, 0.1) is 5.92 Å². The van der Waals surface area contributed by atoms with Gasteiger partial charge in [0, 0.05) is 37.3 Å². The van der Waals surface area contributed by atoms with E-state index >= 15 is 0 Å². The first-order valence-corrected chi connectivity index (χ1v) is 10.1. The first-order valence-electron chi connectivity index (χ1n) is 10.1. The number of nitrogens with zero attached hydrogens (tertiary/aromatic N) is 2. The number of likely N-dealkylation sites (tertiary alicyclic amines) is 1. The summed E-state index contributed by atoms with van der Waals surface area (Å²) < 4.78 is 0. The number of hydrogen-bond donors (Lipinski definition) is 1. The van der Waals surface area contributed by atoms with Crippen LogP contribution in [0.4, 0.5) is 5.69 Å². The Morgan fingerprint density at radius 2 is 1.55 bits per heavy atom. The number of benzene rings is 2. The number of rotatable bonds is 5. The van der Waals surface area contributed by atoms with Crippen molar-refractivity contribution in [2.75, 3.05) is 18.8 Å². The fraction of sp³-hybridized carbons (Fsp3) is 0.391. The zero-order valence-electron chi connectivity index (χ0n) is 16.5. The van der Waals surface area contributed by atoms with Crippen molar-refractivity contribution in [3.8, 4) is 0 Å². The van der Waals surface area contributed by atoms with E-state index in [1.807, 2.05) is 35.2 Å². The van der Waals surface area contributed by atoms with Gasteiger partial charge in [0.15, 0.2) is 0 Å². The molecule has 0 unspecified atom stereocenters. The molecule has 6 heteroatoms. The lowest BCUT2D eigenvalue weighted by atomic mass is 9.94. The zero-order valence-corrected chi connectivity index (χ0v) is 17.3. The van der Waals surface area contributed by atoms with Crippen LogP contribution in [0.15, 0.2) is 54.6 Å². The number of carbonyl (C=O) groups is 2. The van der Waals surface area contributed by atoms with Gasteiger partial charge < -0.3 is 15.5 Å². The maximum absolute atomic E-state index is 13.2. The maximum atomic E-state index is 13.2. The molecule has 1 saturated carbocycles. The molecule has 154 valence electrons. The predicted octanol–water partition coefficient (Wildman–Crippen LogP) is 3.73. The van der Waals surface area contributed by atoms with E-state index in [1.54, 1.807) is 12.1 Å². The summed E-state index contributed by atoms with van der Waals surface area (Å²) >= 11 is 0. The zero-order chi connectivity index (χ0) is 19.5. The van der Waals surface area contributed by atoms with Gasteiger partial charge in [0.25, 0.3) is 5.91 Å². The lowest BCUT2D eigenvalue weighted by Gasteiger charge is -2.34. The SMILES string of the molecule is Cl.Nc1ccccc1C(=O)N1CCC(C(=O)N(Cc2ccccc2)C2CC2)CC1. The summed E-state index contributed by atoms with van der Waals surface area (Å²) in [6.07, 6.45) is 3.64. The second kappa shape index (κ2) is 9.31. The highest BCUT2D eigenvalue weighted by atomic mass is 35.5. The summed E-state index contributed by atoms with van der Waals surface area (Å²) in [6.45, 7) is 1.89. The van der Waals surface area contributed by atoms with Gasteiger partial charge in [-0.25, -0.2) is 0 Å². The Kier molecular flexibility index (Phi) is 6.80. The lowest BCUT2D eigenvalue weighted by molar-refractivity contribution is -0.138. The van der Waals surface area contributed by atoms with Gasteiger partial charge in [-0.05, 0) is 43.4 Å². The molecule has 0 radical (unpaired) electrons. The number of piperidine rings is 1. The quantitative estimate of drug-likeness (QED) is 0.759. The number of anilines is 1. The highest BCUT2D eigenvalue weighted by molar-refractivity contribution is 5.99. The standard InChI is InChI=1S/C23H27N3O2.ClH/c24-21-9-5-4-8-20(21)23(28)25-14-12-18(13-15-25)22(27)26(19-10-11-19)16-17-6-2-1-3-7-17;/h1-9,18-19H,10-16,24H2;1H. The lowest BCUT2D eigenvalue weighted by Crippen LogP contribution is -2.45. The molecule has 1 aliphatic carbocycles. The average molecular weight is 414 g/mol. The van der Waals surface area contributed by atoms with E-state index in [2.05, 4.69) is 17.0 Å². The van der Waals surface area contributed by atoms with Crippen LogP contribution in [0.2, 0.25) is 0 Å². The molecule has 0 atom stereocenters. The van der Waals surface area contributed by atoms with E-state index in [0.717, 1.165) is 25.7 Å². The monoisotopic (exact) mass is 413 g/mol. The van der Waals surface area contributed by atoms with Gasteiger partial charge in [0.05, 0.1) is 5.56 Å². The average Bonchev–Trinajstić information content (AvgIpc) is 3.57. The van der Waals surface area contributed by atoms with Gasteiger partial charge in [-0.3, -0.25) is 9.59 Å². The number of nitrogen functional groups attached to an aromatic ring is 1. The number of para-hydroxylation sites is 1. The minimum Gasteiger partial charge on any atom is -0.398 e. The first-order chi connectivity index (χ1) is 13.6. The molecular weight excluding hydrogens is 386 g/mol. The molecule has 1 aliphatic heterocycles. The van der Waals surface area contributed by atoms with Crippen molar-refractivity contribution in [1.29, 1.82) is 0 Å². The molecule has 5 nitrogen and oxygen atoms in total. The Labute approximate surface area is 178 Å². The first kappa shape index (κ1) is 21.2. The number of hydrogen-bond acceptors (Lipinski definition) is 3. The van der Waals surface area contributed by atoms with Gasteiger partial charge in [-0.15, -0.1) is 12.4 Å². The molecule has 0 aromatic heterocycles. The third kappa shape index (κ3) is 4.91. The molecule has 2 amide bonds. The molecule has 29 heavy (non-hydrogen) atoms. The fourth-order valence-corrected chi connectivity index (χ4v) is 3.98. The highest BCUT2D eigenvalue weighted by Crippen LogP contribution is 2.32. The topological polar surface area (TPSA) is 66.6 Å². The van der Waals surface area contributed by atoms with Crippen molar-refractivity contribution in [2.24, 2.45) is 5.92 Å². The summed E-state index contributed by atoms with van der Waals surface area (Å²) in [4.78, 5) is 29.8. The Morgan fingerprint density at radius 1 is 0.931 bits per heavy atom. The molecule has 2 aromatic rings. The summed E-state index contributed by atoms with van der Waals surface area (Å²) in [5, 5.41) is 0. The molecule has 4 rings (SSSR count). The summed E-state index contributed by atoms with van der Waals surface area (Å²) in [6, 6.07) is 17.8. The van der Waals surface area contributed by atoms with Crippen molar-refractivity contribution in [3.05, 3.63) is 65.7 Å². The van der Waals surface area contributed by atoms with Gasteiger partial charge in [-0.2, -0.15) is 0 Å². The number of halogens is 1. The van der Waals surface area contributed by atoms with E-state index in [1.165, 1.54) is 5.56 Å². The Hall–Kier alpha value is -2.53. The van der Waals surface area contributed by atoms with Crippen LogP contribution in [0.5, 0.6) is 0 Å². The summed E-state index contributed by atoms with van der Waals surface area (Å²) in [7, 11) is 0. The molecule has 0 spiro atoms. The Morgan fingerprint density at radius 3 is 2.17 bits per heavy atom. The van der Waals surface area contributed by atoms with Crippen molar-refractivity contribution in [3.63, 3.8) is 0 Å². The van der Waals surface area contributed by atoms with Crippen LogP contribution in [0.25, 0.3) is 0 Å². The molecule has 1 saturated heterocycles. The Balaban J connectivity index is 0.00000240. The molecule has 0 bridgehead atoms. The van der Waals surface area contributed by atoms with Crippen LogP contribution in [-0.2, 0) is 11.3 Å². The second-order valence-corrected chi connectivity index (χ2v) is 7.84. The normalized spacial score (nSPS) is 16.8. The smallest absolute Gasteiger partial charge is 0.255 e. The van der Waals surface area contributed by atoms with Crippen molar-refractivity contribution >= 4 is 29.9 Å². The van der Waals surface area contributed by atoms with Gasteiger partial charge in [0.1, 0.15) is 0 Å². The van der Waals surface area contributed by atoms with Crippen molar-refractivity contribution in [2.45, 2.75) is 38.3 Å². The third-order valence-electron chi connectivity index (χ3n) is 5.79. The maximum Gasteiger partial charge on any atom is 0.255 e. The van der Waals surface area contributed by atoms with E-state index in [4.69, 9.17) is 5.73 Å². The number of nitrogens with two attached hydrogens (primary N) is 1. The highest BCUT2D eigenvalue weighted by Gasteiger charge is 2.37. The molecule has 2 aliphatic rings. The molecular formula is C23H28ClN3O2. The van der Waals surface area contributed by atoms with Crippen LogP contribution >= 0.6 is 12.4 Å². The molecule has 1 heterocycles. The summed E-state index contributed by atoms with van der Waals surface area (Å²) in [5.74, 6) is 0.214. The fourth-order valence-electron chi connectivity index (χ4n) is 3.98. The van der Waals surface area contributed by atoms with Gasteiger partial charge in [-0.1, -0.05) is 42.5 Å². The number of carbonyl (C=O) groups excluding carboxylic acids is 2. The van der Waals surface area contributed by atoms with Crippen molar-refractivity contribution < 1.29 is 9.59 Å². The van der Waals surface area contributed by atoms with E-state index < -0.39 is 0 Å². The van der Waals surface area contributed by atoms with Crippen LogP contribution < -0.4 is 5.73 Å². The number of amides is 2. The minimum atomic E-state index is -0.0349. The third-order valence-corrected chi connectivity index (χ3v) is 5.79. The second-order valence-electron chi connectivity index (χ2n) is 7.84. The van der Waals surface area contributed by atoms with E-state index in [-0.39, 0.29) is 30.1 Å². The van der Waals surface area contributed by atoms with Crippen molar-refractivity contribution in [1.82, 2.24) is 9.80 Å². The minimum absolute atomic E-state index is 0. The van der Waals surface area contributed by atoms with E-state index in [0.29, 0.717) is 36.9 Å². The van der Waals surface area contributed by atoms with Crippen LogP contribution in [0.3, 0.4) is 0 Å².